The van der Waals surface area contributed by atoms with Crippen molar-refractivity contribution < 1.29 is 4.79 Å². The van der Waals surface area contributed by atoms with E-state index in [-0.39, 0.29) is 0 Å². The molecule has 0 radical (unpaired) electrons. The molecule has 15 heavy (non-hydrogen) atoms. The van der Waals surface area contributed by atoms with Crippen molar-refractivity contribution in [1.82, 2.24) is 0 Å². The predicted octanol–water partition coefficient (Wildman–Crippen LogP) is 2.55. The Hall–Kier alpha value is -1.31. The van der Waals surface area contributed by atoms with Gasteiger partial charge in [-0.05, 0) is 24.5 Å². The van der Waals surface area contributed by atoms with Crippen LogP contribution in [0.4, 0.5) is 5.69 Å². The van der Waals surface area contributed by atoms with Gasteiger partial charge in [0.25, 0.3) is 0 Å². The molecule has 0 spiro atoms. The molecule has 1 heterocycles. The van der Waals surface area contributed by atoms with Crippen LogP contribution in [-0.4, -0.2) is 12.5 Å². The maximum atomic E-state index is 12.0. The van der Waals surface area contributed by atoms with E-state index in [0.717, 1.165) is 25.1 Å². The highest BCUT2D eigenvalue weighted by Crippen LogP contribution is 2.40. The van der Waals surface area contributed by atoms with Crippen LogP contribution in [0.3, 0.4) is 0 Å². The molecule has 78 valence electrons. The number of carbonyl (C=O) groups is 1. The highest BCUT2D eigenvalue weighted by Gasteiger charge is 2.38. The van der Waals surface area contributed by atoms with Crippen LogP contribution in [0.1, 0.15) is 31.2 Å². The van der Waals surface area contributed by atoms with Gasteiger partial charge in [-0.25, -0.2) is 0 Å². The second kappa shape index (κ2) is 3.09. The van der Waals surface area contributed by atoms with E-state index in [4.69, 9.17) is 0 Å². The summed E-state index contributed by atoms with van der Waals surface area (Å²) in [7, 11) is 0. The smallest absolute Gasteiger partial charge is 0.230 e. The largest absolute Gasteiger partial charge is 0.311 e. The van der Waals surface area contributed by atoms with Crippen molar-refractivity contribution in [2.24, 2.45) is 5.92 Å². The Labute approximate surface area is 89.9 Å². The fourth-order valence-electron chi connectivity index (χ4n) is 2.38. The van der Waals surface area contributed by atoms with Gasteiger partial charge < -0.3 is 4.90 Å². The lowest BCUT2D eigenvalue weighted by Crippen LogP contribution is -2.30. The highest BCUT2D eigenvalue weighted by atomic mass is 16.2. The first-order chi connectivity index (χ1) is 7.27. The number of para-hydroxylation sites is 1. The molecule has 1 atom stereocenters. The fourth-order valence-corrected chi connectivity index (χ4v) is 2.38. The van der Waals surface area contributed by atoms with E-state index in [2.05, 4.69) is 25.1 Å². The number of nitrogens with zero attached hydrogens (tertiary/aromatic N) is 1. The normalized spacial score (nSPS) is 24.1. The first-order valence-electron chi connectivity index (χ1n) is 5.67. The van der Waals surface area contributed by atoms with Crippen LogP contribution in [0.5, 0.6) is 0 Å². The van der Waals surface area contributed by atoms with Crippen LogP contribution < -0.4 is 4.90 Å². The molecule has 1 aromatic rings. The number of amides is 1. The Kier molecular flexibility index (Phi) is 1.84. The van der Waals surface area contributed by atoms with Gasteiger partial charge in [0.05, 0.1) is 0 Å². The Morgan fingerprint density at radius 1 is 1.33 bits per heavy atom. The minimum atomic E-state index is 0.323. The Balaban J connectivity index is 1.96. The molecule has 1 saturated carbocycles. The summed E-state index contributed by atoms with van der Waals surface area (Å²) in [6.07, 6.45) is 2.18. The lowest BCUT2D eigenvalue weighted by atomic mass is 10.0. The topological polar surface area (TPSA) is 20.3 Å². The molecule has 0 aromatic heterocycles. The van der Waals surface area contributed by atoms with Crippen molar-refractivity contribution in [3.8, 4) is 0 Å². The van der Waals surface area contributed by atoms with Crippen LogP contribution >= 0.6 is 0 Å². The van der Waals surface area contributed by atoms with Gasteiger partial charge in [-0.15, -0.1) is 0 Å². The molecule has 1 unspecified atom stereocenters. The van der Waals surface area contributed by atoms with Crippen LogP contribution in [0.15, 0.2) is 24.3 Å². The van der Waals surface area contributed by atoms with E-state index in [9.17, 15) is 4.79 Å². The highest BCUT2D eigenvalue weighted by molar-refractivity contribution is 5.98. The molecular weight excluding hydrogens is 186 g/mol. The number of hydrogen-bond donors (Lipinski definition) is 0. The minimum Gasteiger partial charge on any atom is -0.311 e. The Morgan fingerprint density at radius 3 is 2.80 bits per heavy atom. The second-order valence-electron chi connectivity index (χ2n) is 4.68. The van der Waals surface area contributed by atoms with Gasteiger partial charge in [-0.1, -0.05) is 25.1 Å². The summed E-state index contributed by atoms with van der Waals surface area (Å²) in [6, 6.07) is 8.28. The van der Waals surface area contributed by atoms with Gasteiger partial charge in [0.2, 0.25) is 5.91 Å². The fraction of sp³-hybridized carbons (Fsp3) is 0.462. The van der Waals surface area contributed by atoms with Crippen molar-refractivity contribution in [2.45, 2.75) is 25.7 Å². The van der Waals surface area contributed by atoms with Gasteiger partial charge in [-0.3, -0.25) is 4.79 Å². The van der Waals surface area contributed by atoms with Crippen LogP contribution in [0, 0.1) is 5.92 Å². The number of hydrogen-bond acceptors (Lipinski definition) is 1. The Morgan fingerprint density at radius 2 is 2.07 bits per heavy atom. The number of anilines is 1. The molecule has 1 aliphatic carbocycles. The minimum absolute atomic E-state index is 0.323. The average Bonchev–Trinajstić information content (AvgIpc) is 3.04. The average molecular weight is 201 g/mol. The maximum Gasteiger partial charge on any atom is 0.230 e. The second-order valence-corrected chi connectivity index (χ2v) is 4.68. The first-order valence-corrected chi connectivity index (χ1v) is 5.67. The third kappa shape index (κ3) is 1.36. The van der Waals surface area contributed by atoms with Crippen molar-refractivity contribution in [1.29, 1.82) is 0 Å². The molecule has 1 aromatic carbocycles. The molecule has 0 bridgehead atoms. The van der Waals surface area contributed by atoms with E-state index in [1.54, 1.807) is 0 Å². The molecule has 2 aliphatic rings. The number of carbonyl (C=O) groups excluding carboxylic acids is 1. The van der Waals surface area contributed by atoms with E-state index in [1.807, 2.05) is 11.0 Å². The summed E-state index contributed by atoms with van der Waals surface area (Å²) in [6.45, 7) is 3.06. The number of fused-ring (bicyclic) bond motifs is 1. The van der Waals surface area contributed by atoms with Crippen LogP contribution in [0.25, 0.3) is 0 Å². The zero-order chi connectivity index (χ0) is 10.4. The summed E-state index contributed by atoms with van der Waals surface area (Å²) in [5, 5.41) is 0. The molecule has 3 rings (SSSR count). The third-order valence-electron chi connectivity index (χ3n) is 3.41. The van der Waals surface area contributed by atoms with Gasteiger partial charge in [0.15, 0.2) is 0 Å². The lowest BCUT2D eigenvalue weighted by Gasteiger charge is -2.16. The van der Waals surface area contributed by atoms with Gasteiger partial charge >= 0.3 is 0 Å². The first kappa shape index (κ1) is 8.96. The van der Waals surface area contributed by atoms with E-state index >= 15 is 0 Å². The summed E-state index contributed by atoms with van der Waals surface area (Å²) in [5.74, 6) is 1.15. The van der Waals surface area contributed by atoms with Crippen molar-refractivity contribution in [2.75, 3.05) is 11.4 Å². The van der Waals surface area contributed by atoms with Gasteiger partial charge in [0.1, 0.15) is 0 Å². The third-order valence-corrected chi connectivity index (χ3v) is 3.41. The molecule has 2 heteroatoms. The summed E-state index contributed by atoms with van der Waals surface area (Å²) in [5.41, 5.74) is 2.47. The van der Waals surface area contributed by atoms with Crippen molar-refractivity contribution in [3.05, 3.63) is 29.8 Å². The predicted molar refractivity (Wildman–Crippen MR) is 59.9 cm³/mol. The zero-order valence-electron chi connectivity index (χ0n) is 8.94. The summed E-state index contributed by atoms with van der Waals surface area (Å²) >= 11 is 0. The zero-order valence-corrected chi connectivity index (χ0v) is 8.94. The maximum absolute atomic E-state index is 12.0. The molecular formula is C13H15NO. The van der Waals surface area contributed by atoms with E-state index in [0.29, 0.717) is 17.7 Å². The van der Waals surface area contributed by atoms with Crippen molar-refractivity contribution >= 4 is 11.6 Å². The number of rotatable bonds is 1. The molecule has 2 nitrogen and oxygen atoms in total. The summed E-state index contributed by atoms with van der Waals surface area (Å²) in [4.78, 5) is 14.0. The molecule has 0 saturated heterocycles. The SMILES string of the molecule is CC1CN(C(=O)C2CC2)c2ccccc21. The molecule has 1 aliphatic heterocycles. The lowest BCUT2D eigenvalue weighted by molar-refractivity contribution is -0.119. The Bertz CT molecular complexity index is 409. The van der Waals surface area contributed by atoms with Crippen LogP contribution in [0.2, 0.25) is 0 Å². The molecule has 0 N–H and O–H groups in total. The van der Waals surface area contributed by atoms with Gasteiger partial charge in [0, 0.05) is 24.1 Å². The van der Waals surface area contributed by atoms with E-state index < -0.39 is 0 Å². The number of benzene rings is 1. The standard InChI is InChI=1S/C13H15NO/c1-9-8-14(13(15)10-6-7-10)12-5-3-2-4-11(9)12/h2-5,9-10H,6-8H2,1H3. The molecule has 1 amide bonds. The van der Waals surface area contributed by atoms with E-state index in [1.165, 1.54) is 5.56 Å². The van der Waals surface area contributed by atoms with Crippen LogP contribution in [-0.2, 0) is 4.79 Å². The van der Waals surface area contributed by atoms with Gasteiger partial charge in [-0.2, -0.15) is 0 Å². The summed E-state index contributed by atoms with van der Waals surface area (Å²) < 4.78 is 0. The molecule has 1 fully saturated rings. The monoisotopic (exact) mass is 201 g/mol. The quantitative estimate of drug-likeness (QED) is 0.683. The van der Waals surface area contributed by atoms with Crippen molar-refractivity contribution in [3.63, 3.8) is 0 Å².